The largest absolute Gasteiger partial charge is 0.433 e. The van der Waals surface area contributed by atoms with E-state index >= 15 is 0 Å². The molecule has 1 unspecified atom stereocenters. The second-order valence-corrected chi connectivity index (χ2v) is 5.62. The first-order chi connectivity index (χ1) is 5.96. The predicted octanol–water partition coefficient (Wildman–Crippen LogP) is -0.676. The van der Waals surface area contributed by atoms with Crippen molar-refractivity contribution in [2.24, 2.45) is 0 Å². The van der Waals surface area contributed by atoms with Crippen LogP contribution in [-0.4, -0.2) is 60.5 Å². The third kappa shape index (κ3) is 1.20. The van der Waals surface area contributed by atoms with Crippen LogP contribution in [0, 0.1) is 0 Å². The molecule has 0 spiro atoms. The van der Waals surface area contributed by atoms with Crippen LogP contribution >= 0.6 is 0 Å². The summed E-state index contributed by atoms with van der Waals surface area (Å²) in [6.07, 6.45) is 0. The minimum absolute atomic E-state index is 0.00231. The van der Waals surface area contributed by atoms with Crippen molar-refractivity contribution in [3.63, 3.8) is 0 Å². The second kappa shape index (κ2) is 2.66. The fourth-order valence-corrected chi connectivity index (χ4v) is 3.60. The Kier molecular flexibility index (Phi) is 1.92. The normalized spacial score (nSPS) is 45.1. The molecule has 0 aliphatic carbocycles. The maximum Gasteiger partial charge on any atom is 0.433 e. The fraction of sp³-hybridized carbons (Fsp3) is 1.00. The van der Waals surface area contributed by atoms with Gasteiger partial charge in [0, 0.05) is 13.1 Å². The zero-order chi connectivity index (χ0) is 9.69. The quantitative estimate of drug-likeness (QED) is 0.457. The van der Waals surface area contributed by atoms with Gasteiger partial charge in [0.05, 0.1) is 6.54 Å². The van der Waals surface area contributed by atoms with Gasteiger partial charge >= 0.3 is 10.3 Å². The topological polar surface area (TPSA) is 57.6 Å². The Morgan fingerprint density at radius 1 is 1.38 bits per heavy atom. The summed E-state index contributed by atoms with van der Waals surface area (Å²) in [6, 6.07) is -0.00231. The average Bonchev–Trinajstić information content (AvgIpc) is 2.03. The Balaban J connectivity index is 2.39. The Bertz CT molecular complexity index is 306. The van der Waals surface area contributed by atoms with Crippen LogP contribution in [-0.2, 0) is 10.3 Å². The number of hydrogen-bond acceptors (Lipinski definition) is 3. The molecule has 0 aromatic carbocycles. The molecule has 3 heterocycles. The van der Waals surface area contributed by atoms with E-state index in [0.29, 0.717) is 13.1 Å². The Morgan fingerprint density at radius 2 is 1.92 bits per heavy atom. The van der Waals surface area contributed by atoms with Gasteiger partial charge in [-0.05, 0) is 6.92 Å². The minimum atomic E-state index is -3.94. The van der Waals surface area contributed by atoms with Crippen molar-refractivity contribution >= 4 is 10.3 Å². The van der Waals surface area contributed by atoms with Crippen LogP contribution in [0.25, 0.3) is 0 Å². The van der Waals surface area contributed by atoms with E-state index in [0.717, 1.165) is 19.6 Å². The van der Waals surface area contributed by atoms with Crippen LogP contribution < -0.4 is 0 Å². The Morgan fingerprint density at radius 3 is 2.23 bits per heavy atom. The Hall–Kier alpha value is -0.170. The Labute approximate surface area is 78.4 Å². The molecule has 3 fully saturated rings. The molecule has 0 aromatic heterocycles. The van der Waals surface area contributed by atoms with Crippen LogP contribution in [0.1, 0.15) is 6.92 Å². The maximum atomic E-state index is 11.3. The molecule has 0 amide bonds. The van der Waals surface area contributed by atoms with Crippen molar-refractivity contribution in [2.45, 2.75) is 13.0 Å². The highest BCUT2D eigenvalue weighted by atomic mass is 32.2. The number of piperazine rings is 3. The molecule has 13 heavy (non-hydrogen) atoms. The molecule has 0 radical (unpaired) electrons. The lowest BCUT2D eigenvalue weighted by Gasteiger charge is -2.50. The van der Waals surface area contributed by atoms with Gasteiger partial charge in [-0.2, -0.15) is 3.89 Å². The van der Waals surface area contributed by atoms with E-state index in [9.17, 15) is 13.0 Å². The summed E-state index contributed by atoms with van der Waals surface area (Å²) < 4.78 is 31.7. The molecule has 1 atom stereocenters. The van der Waals surface area contributed by atoms with Crippen molar-refractivity contribution in [2.75, 3.05) is 32.7 Å². The van der Waals surface area contributed by atoms with Gasteiger partial charge in [-0.1, -0.05) is 0 Å². The van der Waals surface area contributed by atoms with Crippen LogP contribution in [0.4, 0.5) is 0 Å². The number of fused-ring (bicyclic) bond motifs is 3. The summed E-state index contributed by atoms with van der Waals surface area (Å²) in [7, 11) is -3.94. The molecule has 2 bridgehead atoms. The average molecular weight is 207 g/mol. The first-order valence-corrected chi connectivity index (χ1v) is 5.92. The fourth-order valence-electron chi connectivity index (χ4n) is 2.45. The number of rotatable bonds is 1. The van der Waals surface area contributed by atoms with E-state index < -0.39 is 10.3 Å². The lowest BCUT2D eigenvalue weighted by molar-refractivity contribution is -0.852. The van der Waals surface area contributed by atoms with Gasteiger partial charge in [0.2, 0.25) is 0 Å². The zero-order valence-electron chi connectivity index (χ0n) is 7.68. The first-order valence-electron chi connectivity index (χ1n) is 4.52. The first kappa shape index (κ1) is 9.39. The predicted molar refractivity (Wildman–Crippen MR) is 47.4 cm³/mol. The highest BCUT2D eigenvalue weighted by Gasteiger charge is 2.52. The minimum Gasteiger partial charge on any atom is -0.286 e. The molecular weight excluding hydrogens is 192 g/mol. The van der Waals surface area contributed by atoms with E-state index in [1.165, 1.54) is 0 Å². The summed E-state index contributed by atoms with van der Waals surface area (Å²) in [5, 5.41) is 0. The number of hydrogen-bond donors (Lipinski definition) is 1. The maximum absolute atomic E-state index is 11.3. The van der Waals surface area contributed by atoms with Crippen LogP contribution in [0.2, 0.25) is 0 Å². The summed E-state index contributed by atoms with van der Waals surface area (Å²) in [6.45, 7) is 5.28. The van der Waals surface area contributed by atoms with Gasteiger partial charge in [0.1, 0.15) is 19.1 Å². The zero-order valence-corrected chi connectivity index (χ0v) is 8.50. The van der Waals surface area contributed by atoms with E-state index in [-0.39, 0.29) is 9.93 Å². The van der Waals surface area contributed by atoms with E-state index in [4.69, 9.17) is 0 Å². The molecule has 5 nitrogen and oxygen atoms in total. The highest BCUT2D eigenvalue weighted by molar-refractivity contribution is 7.80. The molecule has 3 rings (SSSR count). The van der Waals surface area contributed by atoms with Crippen molar-refractivity contribution < 1.29 is 16.9 Å². The van der Waals surface area contributed by atoms with Crippen LogP contribution in [0.5, 0.6) is 0 Å². The molecule has 1 N–H and O–H groups in total. The highest BCUT2D eigenvalue weighted by Crippen LogP contribution is 2.28. The number of nitrogens with zero attached hydrogens (tertiary/aromatic N) is 2. The summed E-state index contributed by atoms with van der Waals surface area (Å²) in [5.41, 5.74) is 0. The molecule has 0 aromatic rings. The molecule has 0 saturated carbocycles. The lowest BCUT2D eigenvalue weighted by atomic mass is 10.1. The van der Waals surface area contributed by atoms with Crippen molar-refractivity contribution in [1.82, 2.24) is 4.90 Å². The smallest absolute Gasteiger partial charge is 0.286 e. The monoisotopic (exact) mass is 207 g/mol. The van der Waals surface area contributed by atoms with Crippen LogP contribution in [0.15, 0.2) is 0 Å². The van der Waals surface area contributed by atoms with Crippen molar-refractivity contribution in [3.8, 4) is 0 Å². The molecule has 3 aliphatic rings. The molecule has 76 valence electrons. The molecule has 6 heteroatoms. The molecular formula is C7H15N2O3S+. The van der Waals surface area contributed by atoms with Crippen molar-refractivity contribution in [1.29, 1.82) is 0 Å². The van der Waals surface area contributed by atoms with E-state index in [2.05, 4.69) is 4.90 Å². The lowest BCUT2D eigenvalue weighted by Crippen LogP contribution is -2.73. The van der Waals surface area contributed by atoms with Gasteiger partial charge in [-0.25, -0.2) is 4.55 Å². The summed E-state index contributed by atoms with van der Waals surface area (Å²) in [4.78, 5) is 2.25. The summed E-state index contributed by atoms with van der Waals surface area (Å²) >= 11 is 0. The third-order valence-electron chi connectivity index (χ3n) is 3.37. The molecule has 3 saturated heterocycles. The summed E-state index contributed by atoms with van der Waals surface area (Å²) in [5.74, 6) is 0. The van der Waals surface area contributed by atoms with Gasteiger partial charge in [0.25, 0.3) is 0 Å². The van der Waals surface area contributed by atoms with Gasteiger partial charge in [-0.15, -0.1) is 8.42 Å². The van der Waals surface area contributed by atoms with Crippen molar-refractivity contribution in [3.05, 3.63) is 0 Å². The van der Waals surface area contributed by atoms with Crippen LogP contribution in [0.3, 0.4) is 0 Å². The van der Waals surface area contributed by atoms with Gasteiger partial charge < -0.3 is 0 Å². The van der Waals surface area contributed by atoms with Gasteiger partial charge in [-0.3, -0.25) is 4.90 Å². The SMILES string of the molecule is CC1CN2CC[N+]1(S(=O)(=O)O)CC2. The standard InChI is InChI=1S/C7H14N2O3S/c1-7-6-8-2-4-9(7,5-3-8)13(10,11)12/h7H,2-6H2,1H3/p+1. The van der Waals surface area contributed by atoms with E-state index in [1.54, 1.807) is 0 Å². The molecule has 3 aliphatic heterocycles. The third-order valence-corrected chi connectivity index (χ3v) is 5.02. The van der Waals surface area contributed by atoms with E-state index in [1.807, 2.05) is 6.92 Å². The van der Waals surface area contributed by atoms with Gasteiger partial charge in [0.15, 0.2) is 0 Å². The second-order valence-electron chi connectivity index (χ2n) is 4.00. The number of quaternary nitrogens is 1.